The molecule has 0 bridgehead atoms. The van der Waals surface area contributed by atoms with Crippen molar-refractivity contribution in [3.05, 3.63) is 53.6 Å². The molecule has 0 aliphatic carbocycles. The Morgan fingerprint density at radius 3 is 2.86 bits per heavy atom. The number of amides is 1. The average Bonchev–Trinajstić information content (AvgIpc) is 2.93. The van der Waals surface area contributed by atoms with Crippen molar-refractivity contribution in [3.8, 4) is 0 Å². The summed E-state index contributed by atoms with van der Waals surface area (Å²) >= 11 is 0. The standard InChI is InChI=1S/C16H16N4O2/c1-11-6-5-8-13(12(11)2)17-16(21)10-22-20-15-9-4-3-7-14(15)18-19-20/h3-9H,10H2,1-2H3,(H,17,21). The summed E-state index contributed by atoms with van der Waals surface area (Å²) in [6.07, 6.45) is 0. The van der Waals surface area contributed by atoms with Gasteiger partial charge >= 0.3 is 0 Å². The van der Waals surface area contributed by atoms with Gasteiger partial charge in [0.15, 0.2) is 6.61 Å². The number of carbonyl (C=O) groups is 1. The second-order valence-electron chi connectivity index (χ2n) is 5.02. The number of hydrogen-bond donors (Lipinski definition) is 1. The van der Waals surface area contributed by atoms with Crippen LogP contribution in [-0.2, 0) is 4.79 Å². The minimum absolute atomic E-state index is 0.138. The Balaban J connectivity index is 1.66. The van der Waals surface area contributed by atoms with Crippen LogP contribution in [0, 0.1) is 13.8 Å². The summed E-state index contributed by atoms with van der Waals surface area (Å²) < 4.78 is 0. The maximum atomic E-state index is 12.0. The fourth-order valence-corrected chi connectivity index (χ4v) is 2.14. The van der Waals surface area contributed by atoms with Gasteiger partial charge in [0.1, 0.15) is 11.0 Å². The maximum Gasteiger partial charge on any atom is 0.265 e. The van der Waals surface area contributed by atoms with Gasteiger partial charge in [-0.2, -0.15) is 0 Å². The summed E-state index contributed by atoms with van der Waals surface area (Å²) in [5.74, 6) is -0.242. The molecule has 0 unspecified atom stereocenters. The molecule has 1 aromatic heterocycles. The van der Waals surface area contributed by atoms with Gasteiger partial charge in [-0.1, -0.05) is 29.1 Å². The van der Waals surface area contributed by atoms with E-state index in [0.717, 1.165) is 27.8 Å². The van der Waals surface area contributed by atoms with Gasteiger partial charge in [0.2, 0.25) is 0 Å². The summed E-state index contributed by atoms with van der Waals surface area (Å²) in [7, 11) is 0. The van der Waals surface area contributed by atoms with Crippen LogP contribution in [0.2, 0.25) is 0 Å². The summed E-state index contributed by atoms with van der Waals surface area (Å²) in [5.41, 5.74) is 4.40. The number of hydrogen-bond acceptors (Lipinski definition) is 4. The van der Waals surface area contributed by atoms with Crippen molar-refractivity contribution in [1.82, 2.24) is 15.2 Å². The van der Waals surface area contributed by atoms with Gasteiger partial charge in [-0.15, -0.1) is 5.10 Å². The third-order valence-electron chi connectivity index (χ3n) is 3.52. The lowest BCUT2D eigenvalue weighted by atomic mass is 10.1. The molecule has 1 N–H and O–H groups in total. The molecular weight excluding hydrogens is 280 g/mol. The average molecular weight is 296 g/mol. The van der Waals surface area contributed by atoms with Crippen LogP contribution in [0.4, 0.5) is 5.69 Å². The van der Waals surface area contributed by atoms with Crippen molar-refractivity contribution in [1.29, 1.82) is 0 Å². The van der Waals surface area contributed by atoms with Gasteiger partial charge in [0.25, 0.3) is 5.91 Å². The molecule has 0 aliphatic heterocycles. The molecule has 6 heteroatoms. The van der Waals surface area contributed by atoms with Gasteiger partial charge in [0, 0.05) is 5.69 Å². The molecule has 0 saturated carbocycles. The van der Waals surface area contributed by atoms with Crippen molar-refractivity contribution in [2.75, 3.05) is 11.9 Å². The Labute approximate surface area is 127 Å². The van der Waals surface area contributed by atoms with Crippen LogP contribution >= 0.6 is 0 Å². The lowest BCUT2D eigenvalue weighted by Gasteiger charge is -2.10. The predicted octanol–water partition coefficient (Wildman–Crippen LogP) is 2.12. The molecule has 0 saturated heterocycles. The van der Waals surface area contributed by atoms with Crippen LogP contribution in [0.3, 0.4) is 0 Å². The van der Waals surface area contributed by atoms with Crippen molar-refractivity contribution in [2.24, 2.45) is 0 Å². The molecule has 0 atom stereocenters. The second kappa shape index (κ2) is 5.85. The van der Waals surface area contributed by atoms with E-state index in [1.165, 1.54) is 4.85 Å². The summed E-state index contributed by atoms with van der Waals surface area (Å²) in [6.45, 7) is 3.83. The van der Waals surface area contributed by atoms with E-state index in [9.17, 15) is 4.79 Å². The number of nitrogens with zero attached hydrogens (tertiary/aromatic N) is 3. The topological polar surface area (TPSA) is 69.0 Å². The number of aromatic nitrogens is 3. The highest BCUT2D eigenvalue weighted by Gasteiger charge is 2.09. The number of anilines is 1. The Morgan fingerprint density at radius 2 is 2.00 bits per heavy atom. The third kappa shape index (κ3) is 2.76. The summed E-state index contributed by atoms with van der Waals surface area (Å²) in [5, 5.41) is 10.7. The molecule has 6 nitrogen and oxygen atoms in total. The number of carbonyl (C=O) groups excluding carboxylic acids is 1. The Kier molecular flexibility index (Phi) is 3.74. The minimum Gasteiger partial charge on any atom is -0.385 e. The maximum absolute atomic E-state index is 12.0. The van der Waals surface area contributed by atoms with E-state index in [1.807, 2.05) is 56.3 Å². The van der Waals surface area contributed by atoms with E-state index in [4.69, 9.17) is 4.84 Å². The van der Waals surface area contributed by atoms with E-state index in [0.29, 0.717) is 0 Å². The smallest absolute Gasteiger partial charge is 0.265 e. The van der Waals surface area contributed by atoms with Gasteiger partial charge in [-0.25, -0.2) is 0 Å². The Hall–Kier alpha value is -2.89. The first-order valence-electron chi connectivity index (χ1n) is 6.95. The first-order valence-corrected chi connectivity index (χ1v) is 6.95. The number of nitrogens with one attached hydrogen (secondary N) is 1. The molecule has 0 aliphatic rings. The molecule has 1 amide bonds. The highest BCUT2D eigenvalue weighted by Crippen LogP contribution is 2.17. The zero-order valence-corrected chi connectivity index (χ0v) is 12.4. The van der Waals surface area contributed by atoms with Gasteiger partial charge in [-0.3, -0.25) is 4.79 Å². The molecule has 0 radical (unpaired) electrons. The molecule has 1 heterocycles. The fraction of sp³-hybridized carbons (Fsp3) is 0.188. The molecule has 3 rings (SSSR count). The number of fused-ring (bicyclic) bond motifs is 1. The molecule has 112 valence electrons. The third-order valence-corrected chi connectivity index (χ3v) is 3.52. The van der Waals surface area contributed by atoms with Crippen molar-refractivity contribution >= 4 is 22.6 Å². The van der Waals surface area contributed by atoms with Crippen molar-refractivity contribution in [3.63, 3.8) is 0 Å². The molecule has 3 aromatic rings. The fourth-order valence-electron chi connectivity index (χ4n) is 2.14. The Morgan fingerprint density at radius 1 is 1.18 bits per heavy atom. The van der Waals surface area contributed by atoms with E-state index >= 15 is 0 Å². The zero-order chi connectivity index (χ0) is 15.5. The monoisotopic (exact) mass is 296 g/mol. The summed E-state index contributed by atoms with van der Waals surface area (Å²) in [6, 6.07) is 13.2. The van der Waals surface area contributed by atoms with Crippen molar-refractivity contribution < 1.29 is 9.63 Å². The van der Waals surface area contributed by atoms with Gasteiger partial charge in [0.05, 0.1) is 0 Å². The molecule has 2 aromatic carbocycles. The van der Waals surface area contributed by atoms with E-state index in [2.05, 4.69) is 15.6 Å². The molecular formula is C16H16N4O2. The van der Waals surface area contributed by atoms with Gasteiger partial charge < -0.3 is 10.2 Å². The lowest BCUT2D eigenvalue weighted by molar-refractivity contribution is -0.121. The van der Waals surface area contributed by atoms with E-state index < -0.39 is 0 Å². The largest absolute Gasteiger partial charge is 0.385 e. The second-order valence-corrected chi connectivity index (χ2v) is 5.02. The molecule has 0 fully saturated rings. The summed E-state index contributed by atoms with van der Waals surface area (Å²) in [4.78, 5) is 18.7. The van der Waals surface area contributed by atoms with E-state index in [-0.39, 0.29) is 12.5 Å². The zero-order valence-electron chi connectivity index (χ0n) is 12.4. The Bertz CT molecular complexity index is 826. The van der Waals surface area contributed by atoms with Gasteiger partial charge in [-0.05, 0) is 48.4 Å². The minimum atomic E-state index is -0.242. The van der Waals surface area contributed by atoms with Crippen LogP contribution in [0.15, 0.2) is 42.5 Å². The SMILES string of the molecule is Cc1cccc(NC(=O)COn2nnc3ccccc32)c1C. The van der Waals surface area contributed by atoms with E-state index in [1.54, 1.807) is 0 Å². The van der Waals surface area contributed by atoms with Crippen LogP contribution < -0.4 is 10.2 Å². The highest BCUT2D eigenvalue weighted by molar-refractivity contribution is 5.92. The molecule has 22 heavy (non-hydrogen) atoms. The van der Waals surface area contributed by atoms with Crippen molar-refractivity contribution in [2.45, 2.75) is 13.8 Å². The normalized spacial score (nSPS) is 10.6. The lowest BCUT2D eigenvalue weighted by Crippen LogP contribution is -2.26. The van der Waals surface area contributed by atoms with Crippen LogP contribution in [-0.4, -0.2) is 27.7 Å². The quantitative estimate of drug-likeness (QED) is 0.800. The predicted molar refractivity (Wildman–Crippen MR) is 83.5 cm³/mol. The number of aryl methyl sites for hydroxylation is 1. The first kappa shape index (κ1) is 14.1. The van der Waals surface area contributed by atoms with Crippen LogP contribution in [0.1, 0.15) is 11.1 Å². The van der Waals surface area contributed by atoms with Crippen LogP contribution in [0.25, 0.3) is 11.0 Å². The number of para-hydroxylation sites is 1. The number of rotatable bonds is 4. The molecule has 0 spiro atoms. The van der Waals surface area contributed by atoms with Crippen LogP contribution in [0.5, 0.6) is 0 Å². The highest BCUT2D eigenvalue weighted by atomic mass is 16.7. The first-order chi connectivity index (χ1) is 10.6. The number of benzene rings is 2.